The molecule has 0 bridgehead atoms. The monoisotopic (exact) mass is 248 g/mol. The fraction of sp³-hybridized carbons (Fsp3) is 0.538. The van der Waals surface area contributed by atoms with Crippen molar-refractivity contribution in [3.05, 3.63) is 24.4 Å². The van der Waals surface area contributed by atoms with Gasteiger partial charge in [0, 0.05) is 31.8 Å². The lowest BCUT2D eigenvalue weighted by atomic mass is 10.1. The summed E-state index contributed by atoms with van der Waals surface area (Å²) in [4.78, 5) is 16.0. The highest BCUT2D eigenvalue weighted by molar-refractivity contribution is 6.01. The van der Waals surface area contributed by atoms with Crippen molar-refractivity contribution in [2.24, 2.45) is 5.92 Å². The third-order valence-electron chi connectivity index (χ3n) is 2.95. The Bertz CT molecular complexity index is 450. The number of rotatable bonds is 3. The molecule has 5 nitrogen and oxygen atoms in total. The van der Waals surface area contributed by atoms with Crippen molar-refractivity contribution in [3.8, 4) is 0 Å². The lowest BCUT2D eigenvalue weighted by Crippen LogP contribution is -2.40. The number of fused-ring (bicyclic) bond motifs is 1. The predicted octanol–water partition coefficient (Wildman–Crippen LogP) is 0.984. The molecule has 0 saturated carbocycles. The van der Waals surface area contributed by atoms with E-state index in [-0.39, 0.29) is 5.91 Å². The van der Waals surface area contributed by atoms with Gasteiger partial charge in [0.25, 0.3) is 5.91 Å². The smallest absolute Gasteiger partial charge is 0.251 e. The number of anilines is 1. The number of likely N-dealkylation sites (N-methyl/N-ethyl adjacent to an activating group) is 1. The van der Waals surface area contributed by atoms with Crippen LogP contribution in [0.15, 0.2) is 24.4 Å². The maximum Gasteiger partial charge on any atom is 0.251 e. The van der Waals surface area contributed by atoms with Crippen LogP contribution in [0.2, 0.25) is 0 Å². The Morgan fingerprint density at radius 2 is 2.33 bits per heavy atom. The Hall–Kier alpha value is -1.62. The average molecular weight is 248 g/mol. The van der Waals surface area contributed by atoms with E-state index in [1.54, 1.807) is 17.2 Å². The van der Waals surface area contributed by atoms with E-state index in [0.717, 1.165) is 25.5 Å². The van der Waals surface area contributed by atoms with Gasteiger partial charge in [0.1, 0.15) is 5.82 Å². The minimum absolute atomic E-state index is 0.0325. The van der Waals surface area contributed by atoms with Crippen molar-refractivity contribution in [1.82, 2.24) is 14.7 Å². The van der Waals surface area contributed by atoms with Crippen molar-refractivity contribution in [3.63, 3.8) is 0 Å². The van der Waals surface area contributed by atoms with E-state index in [9.17, 15) is 4.79 Å². The Morgan fingerprint density at radius 3 is 3.06 bits per heavy atom. The van der Waals surface area contributed by atoms with Gasteiger partial charge in [-0.3, -0.25) is 9.69 Å². The molecule has 5 heteroatoms. The van der Waals surface area contributed by atoms with Gasteiger partial charge in [-0.2, -0.15) is 5.10 Å². The van der Waals surface area contributed by atoms with E-state index in [1.807, 2.05) is 35.8 Å². The van der Waals surface area contributed by atoms with Crippen molar-refractivity contribution in [2.75, 3.05) is 32.1 Å². The van der Waals surface area contributed by atoms with E-state index in [2.05, 4.69) is 12.0 Å². The lowest BCUT2D eigenvalue weighted by molar-refractivity contribution is -0.114. The summed E-state index contributed by atoms with van der Waals surface area (Å²) in [6.45, 7) is 4.55. The van der Waals surface area contributed by atoms with Gasteiger partial charge in [0.15, 0.2) is 0 Å². The highest BCUT2D eigenvalue weighted by Crippen LogP contribution is 2.22. The molecule has 1 unspecified atom stereocenters. The first-order valence-corrected chi connectivity index (χ1v) is 6.22. The molecule has 0 aliphatic carbocycles. The second-order valence-corrected chi connectivity index (χ2v) is 5.09. The van der Waals surface area contributed by atoms with Gasteiger partial charge < -0.3 is 4.90 Å². The zero-order valence-corrected chi connectivity index (χ0v) is 11.2. The molecule has 1 amide bonds. The second-order valence-electron chi connectivity index (χ2n) is 5.09. The van der Waals surface area contributed by atoms with E-state index in [0.29, 0.717) is 5.92 Å². The summed E-state index contributed by atoms with van der Waals surface area (Å²) in [6, 6.07) is 1.89. The first-order chi connectivity index (χ1) is 8.58. The Morgan fingerprint density at radius 1 is 1.56 bits per heavy atom. The van der Waals surface area contributed by atoms with Crippen LogP contribution in [0.4, 0.5) is 5.82 Å². The Kier molecular flexibility index (Phi) is 3.81. The number of aromatic nitrogens is 2. The number of hydrogen-bond acceptors (Lipinski definition) is 3. The molecular formula is C13H20N4O. The van der Waals surface area contributed by atoms with Crippen molar-refractivity contribution < 1.29 is 4.79 Å². The van der Waals surface area contributed by atoms with Gasteiger partial charge in [-0.1, -0.05) is 13.0 Å². The predicted molar refractivity (Wildman–Crippen MR) is 71.4 cm³/mol. The minimum atomic E-state index is 0.0325. The van der Waals surface area contributed by atoms with Crippen LogP contribution in [0, 0.1) is 5.92 Å². The van der Waals surface area contributed by atoms with Gasteiger partial charge in [-0.25, -0.2) is 4.68 Å². The standard InChI is InChI=1S/C13H20N4O/c1-11-9-16(12-6-7-14-17(12)10-11)13(18)5-4-8-15(2)3/h4-7,11H,8-10H2,1-3H3. The fourth-order valence-electron chi connectivity index (χ4n) is 2.11. The molecular weight excluding hydrogens is 228 g/mol. The van der Waals surface area contributed by atoms with Gasteiger partial charge >= 0.3 is 0 Å². The molecule has 1 aromatic heterocycles. The maximum atomic E-state index is 12.2. The molecule has 98 valence electrons. The highest BCUT2D eigenvalue weighted by atomic mass is 16.2. The largest absolute Gasteiger partial charge is 0.306 e. The number of amides is 1. The van der Waals surface area contributed by atoms with E-state index >= 15 is 0 Å². The van der Waals surface area contributed by atoms with Crippen LogP contribution in [0.25, 0.3) is 0 Å². The Labute approximate surface area is 108 Å². The summed E-state index contributed by atoms with van der Waals surface area (Å²) in [5.74, 6) is 1.36. The maximum absolute atomic E-state index is 12.2. The van der Waals surface area contributed by atoms with E-state index in [1.165, 1.54) is 0 Å². The van der Waals surface area contributed by atoms with E-state index < -0.39 is 0 Å². The van der Waals surface area contributed by atoms with Crippen molar-refractivity contribution in [2.45, 2.75) is 13.5 Å². The number of hydrogen-bond donors (Lipinski definition) is 0. The first-order valence-electron chi connectivity index (χ1n) is 6.22. The quantitative estimate of drug-likeness (QED) is 0.749. The number of carbonyl (C=O) groups excluding carboxylic acids is 1. The number of nitrogens with zero attached hydrogens (tertiary/aromatic N) is 4. The third kappa shape index (κ3) is 2.79. The summed E-state index contributed by atoms with van der Waals surface area (Å²) >= 11 is 0. The molecule has 2 heterocycles. The molecule has 0 fully saturated rings. The molecule has 18 heavy (non-hydrogen) atoms. The van der Waals surface area contributed by atoms with Gasteiger partial charge in [-0.15, -0.1) is 0 Å². The zero-order valence-electron chi connectivity index (χ0n) is 11.2. The van der Waals surface area contributed by atoms with Gasteiger partial charge in [-0.05, 0) is 20.0 Å². The fourth-order valence-corrected chi connectivity index (χ4v) is 2.11. The second kappa shape index (κ2) is 5.35. The summed E-state index contributed by atoms with van der Waals surface area (Å²) in [5.41, 5.74) is 0. The highest BCUT2D eigenvalue weighted by Gasteiger charge is 2.25. The van der Waals surface area contributed by atoms with Crippen molar-refractivity contribution in [1.29, 1.82) is 0 Å². The zero-order chi connectivity index (χ0) is 13.1. The lowest BCUT2D eigenvalue weighted by Gasteiger charge is -2.30. The van der Waals surface area contributed by atoms with Crippen LogP contribution < -0.4 is 4.90 Å². The summed E-state index contributed by atoms with van der Waals surface area (Å²) in [7, 11) is 3.96. The van der Waals surface area contributed by atoms with Crippen LogP contribution in [0.5, 0.6) is 0 Å². The molecule has 0 radical (unpaired) electrons. The molecule has 0 N–H and O–H groups in total. The molecule has 1 atom stereocenters. The third-order valence-corrected chi connectivity index (χ3v) is 2.95. The molecule has 2 rings (SSSR count). The van der Waals surface area contributed by atoms with E-state index in [4.69, 9.17) is 0 Å². The topological polar surface area (TPSA) is 41.4 Å². The van der Waals surface area contributed by atoms with Crippen molar-refractivity contribution >= 4 is 11.7 Å². The summed E-state index contributed by atoms with van der Waals surface area (Å²) in [5, 5.41) is 4.24. The van der Waals surface area contributed by atoms with Crippen LogP contribution >= 0.6 is 0 Å². The van der Waals surface area contributed by atoms with Gasteiger partial charge in [0.2, 0.25) is 0 Å². The van der Waals surface area contributed by atoms with Crippen LogP contribution in [-0.4, -0.2) is 47.8 Å². The van der Waals surface area contributed by atoms with Crippen LogP contribution in [0.1, 0.15) is 6.92 Å². The first kappa shape index (κ1) is 12.8. The van der Waals surface area contributed by atoms with Crippen LogP contribution in [0.3, 0.4) is 0 Å². The average Bonchev–Trinajstić information content (AvgIpc) is 2.74. The number of carbonyl (C=O) groups is 1. The molecule has 0 spiro atoms. The molecule has 0 aromatic carbocycles. The SMILES string of the molecule is CC1CN(C(=O)C=CCN(C)C)c2ccnn2C1. The molecule has 1 aliphatic rings. The van der Waals surface area contributed by atoms with Crippen LogP contribution in [-0.2, 0) is 11.3 Å². The van der Waals surface area contributed by atoms with Gasteiger partial charge in [0.05, 0.1) is 6.20 Å². The summed E-state index contributed by atoms with van der Waals surface area (Å²) < 4.78 is 1.89. The summed E-state index contributed by atoms with van der Waals surface area (Å²) in [6.07, 6.45) is 5.29. The Balaban J connectivity index is 2.10. The normalized spacial score (nSPS) is 19.6. The molecule has 0 saturated heterocycles. The molecule has 1 aromatic rings. The minimum Gasteiger partial charge on any atom is -0.306 e. The molecule has 1 aliphatic heterocycles.